The Bertz CT molecular complexity index is 996. The number of likely N-dealkylation sites (tertiary alicyclic amines) is 1. The maximum absolute atomic E-state index is 4.44. The van der Waals surface area contributed by atoms with Crippen LogP contribution in [0, 0.1) is 0 Å². The number of hydrogen-bond acceptors (Lipinski definition) is 3. The second kappa shape index (κ2) is 13.3. The van der Waals surface area contributed by atoms with Gasteiger partial charge in [0.15, 0.2) is 5.96 Å². The lowest BCUT2D eigenvalue weighted by Gasteiger charge is -2.27. The van der Waals surface area contributed by atoms with Crippen LogP contribution in [0.2, 0.25) is 0 Å². The van der Waals surface area contributed by atoms with Crippen molar-refractivity contribution in [2.45, 2.75) is 45.4 Å². The van der Waals surface area contributed by atoms with Gasteiger partial charge in [-0.25, -0.2) is 0 Å². The lowest BCUT2D eigenvalue weighted by Crippen LogP contribution is -2.37. The molecular weight excluding hydrogens is 523 g/mol. The van der Waals surface area contributed by atoms with Crippen molar-refractivity contribution in [2.24, 2.45) is 4.99 Å². The SMILES string of the molecule is CN=C(NCc1ccccc1CN1CCCCC1)NCc1ccccc1Cn1cccn1.I. The number of guanidine groups is 1. The highest BCUT2D eigenvalue weighted by Crippen LogP contribution is 2.16. The standard InChI is InChI=1S/C26H34N6.HI/c1-27-26(29-19-23-11-4-6-13-25(23)21-32-17-9-14-30-32)28-18-22-10-3-5-12-24(22)20-31-15-7-2-8-16-31;/h3-6,9-14,17H,2,7-8,15-16,18-21H2,1H3,(H2,27,28,29);1H. The normalized spacial score (nSPS) is 14.5. The third kappa shape index (κ3) is 7.57. The zero-order valence-corrected chi connectivity index (χ0v) is 21.7. The van der Waals surface area contributed by atoms with E-state index in [1.54, 1.807) is 0 Å². The first-order valence-electron chi connectivity index (χ1n) is 11.6. The fourth-order valence-electron chi connectivity index (χ4n) is 4.27. The molecule has 2 aromatic carbocycles. The molecule has 0 aliphatic carbocycles. The fraction of sp³-hybridized carbons (Fsp3) is 0.385. The molecule has 1 fully saturated rings. The van der Waals surface area contributed by atoms with Crippen LogP contribution in [0.3, 0.4) is 0 Å². The summed E-state index contributed by atoms with van der Waals surface area (Å²) in [7, 11) is 1.82. The maximum Gasteiger partial charge on any atom is 0.191 e. The molecular formula is C26H35IN6. The molecule has 1 aliphatic rings. The molecule has 176 valence electrons. The van der Waals surface area contributed by atoms with E-state index < -0.39 is 0 Å². The molecule has 1 saturated heterocycles. The molecule has 0 radical (unpaired) electrons. The van der Waals surface area contributed by atoms with Gasteiger partial charge in [0.25, 0.3) is 0 Å². The summed E-state index contributed by atoms with van der Waals surface area (Å²) in [4.78, 5) is 7.01. The molecule has 0 unspecified atom stereocenters. The number of benzene rings is 2. The van der Waals surface area contributed by atoms with Gasteiger partial charge in [-0.3, -0.25) is 14.6 Å². The van der Waals surface area contributed by atoms with Gasteiger partial charge in [-0.05, 0) is 54.3 Å². The molecule has 1 aromatic heterocycles. The minimum Gasteiger partial charge on any atom is -0.352 e. The molecule has 0 amide bonds. The van der Waals surface area contributed by atoms with Crippen LogP contribution >= 0.6 is 24.0 Å². The summed E-state index contributed by atoms with van der Waals surface area (Å²) in [6.45, 7) is 5.70. The van der Waals surface area contributed by atoms with Gasteiger partial charge in [0.1, 0.15) is 0 Å². The van der Waals surface area contributed by atoms with Gasteiger partial charge >= 0.3 is 0 Å². The van der Waals surface area contributed by atoms with Gasteiger partial charge in [-0.2, -0.15) is 5.10 Å². The molecule has 7 heteroatoms. The minimum absolute atomic E-state index is 0. The number of halogens is 1. The van der Waals surface area contributed by atoms with Crippen molar-refractivity contribution < 1.29 is 0 Å². The molecule has 2 heterocycles. The fourth-order valence-corrected chi connectivity index (χ4v) is 4.27. The van der Waals surface area contributed by atoms with Gasteiger partial charge < -0.3 is 10.6 Å². The zero-order chi connectivity index (χ0) is 22.0. The van der Waals surface area contributed by atoms with Crippen LogP contribution in [0.25, 0.3) is 0 Å². The van der Waals surface area contributed by atoms with Gasteiger partial charge in [-0.1, -0.05) is 55.0 Å². The van der Waals surface area contributed by atoms with E-state index in [9.17, 15) is 0 Å². The molecule has 3 aromatic rings. The van der Waals surface area contributed by atoms with E-state index in [2.05, 4.69) is 74.2 Å². The molecule has 0 atom stereocenters. The first-order valence-corrected chi connectivity index (χ1v) is 11.6. The maximum atomic E-state index is 4.44. The Morgan fingerprint density at radius 1 is 0.818 bits per heavy atom. The van der Waals surface area contributed by atoms with Crippen LogP contribution in [0.15, 0.2) is 72.0 Å². The lowest BCUT2D eigenvalue weighted by molar-refractivity contribution is 0.220. The summed E-state index contributed by atoms with van der Waals surface area (Å²) in [5.41, 5.74) is 5.24. The third-order valence-corrected chi connectivity index (χ3v) is 6.09. The first-order chi connectivity index (χ1) is 15.8. The van der Waals surface area contributed by atoms with E-state index >= 15 is 0 Å². The molecule has 4 rings (SSSR count). The summed E-state index contributed by atoms with van der Waals surface area (Å²) in [5, 5.41) is 11.3. The van der Waals surface area contributed by atoms with Crippen LogP contribution in [0.1, 0.15) is 41.5 Å². The van der Waals surface area contributed by atoms with Gasteiger partial charge in [-0.15, -0.1) is 24.0 Å². The molecule has 0 saturated carbocycles. The summed E-state index contributed by atoms with van der Waals surface area (Å²) < 4.78 is 1.95. The quantitative estimate of drug-likeness (QED) is 0.245. The topological polar surface area (TPSA) is 57.5 Å². The van der Waals surface area contributed by atoms with Crippen LogP contribution in [-0.4, -0.2) is 40.8 Å². The zero-order valence-electron chi connectivity index (χ0n) is 19.4. The Balaban J connectivity index is 0.00000306. The molecule has 2 N–H and O–H groups in total. The Hall–Kier alpha value is -2.39. The number of hydrogen-bond donors (Lipinski definition) is 2. The molecule has 6 nitrogen and oxygen atoms in total. The summed E-state index contributed by atoms with van der Waals surface area (Å²) in [6.07, 6.45) is 7.81. The Morgan fingerprint density at radius 3 is 1.94 bits per heavy atom. The summed E-state index contributed by atoms with van der Waals surface area (Å²) in [6, 6.07) is 19.2. The van der Waals surface area contributed by atoms with Crippen LogP contribution in [0.5, 0.6) is 0 Å². The number of aliphatic imine (C=N–C) groups is 1. The van der Waals surface area contributed by atoms with Crippen molar-refractivity contribution >= 4 is 29.9 Å². The minimum atomic E-state index is 0. The number of nitrogens with one attached hydrogen (secondary N) is 2. The van der Waals surface area contributed by atoms with Crippen LogP contribution in [0.4, 0.5) is 0 Å². The van der Waals surface area contributed by atoms with Crippen molar-refractivity contribution in [3.63, 3.8) is 0 Å². The van der Waals surface area contributed by atoms with E-state index in [-0.39, 0.29) is 24.0 Å². The molecule has 33 heavy (non-hydrogen) atoms. The number of rotatable bonds is 8. The largest absolute Gasteiger partial charge is 0.352 e. The number of nitrogens with zero attached hydrogens (tertiary/aromatic N) is 4. The summed E-state index contributed by atoms with van der Waals surface area (Å²) >= 11 is 0. The number of aromatic nitrogens is 2. The first kappa shape index (κ1) is 25.2. The highest BCUT2D eigenvalue weighted by Gasteiger charge is 2.12. The highest BCUT2D eigenvalue weighted by atomic mass is 127. The second-order valence-electron chi connectivity index (χ2n) is 8.36. The molecule has 0 spiro atoms. The van der Waals surface area contributed by atoms with Crippen molar-refractivity contribution in [3.05, 3.63) is 89.2 Å². The van der Waals surface area contributed by atoms with Gasteiger partial charge in [0.2, 0.25) is 0 Å². The third-order valence-electron chi connectivity index (χ3n) is 6.09. The Kier molecular flexibility index (Phi) is 10.2. The molecule has 0 bridgehead atoms. The van der Waals surface area contributed by atoms with Gasteiger partial charge in [0.05, 0.1) is 6.54 Å². The summed E-state index contributed by atoms with van der Waals surface area (Å²) in [5.74, 6) is 0.812. The van der Waals surface area contributed by atoms with Crippen LogP contribution < -0.4 is 10.6 Å². The van der Waals surface area contributed by atoms with Crippen molar-refractivity contribution in [1.82, 2.24) is 25.3 Å². The molecule has 1 aliphatic heterocycles. The average molecular weight is 559 g/mol. The number of piperidine rings is 1. The predicted molar refractivity (Wildman–Crippen MR) is 146 cm³/mol. The monoisotopic (exact) mass is 558 g/mol. The average Bonchev–Trinajstić information content (AvgIpc) is 3.35. The Morgan fingerprint density at radius 2 is 1.39 bits per heavy atom. The highest BCUT2D eigenvalue weighted by molar-refractivity contribution is 14.0. The van der Waals surface area contributed by atoms with Crippen molar-refractivity contribution in [2.75, 3.05) is 20.1 Å². The smallest absolute Gasteiger partial charge is 0.191 e. The van der Waals surface area contributed by atoms with E-state index in [0.29, 0.717) is 6.54 Å². The van der Waals surface area contributed by atoms with Gasteiger partial charge in [0, 0.05) is 39.1 Å². The van der Waals surface area contributed by atoms with E-state index in [1.165, 1.54) is 54.6 Å². The second-order valence-corrected chi connectivity index (χ2v) is 8.36. The van der Waals surface area contributed by atoms with E-state index in [1.807, 2.05) is 30.2 Å². The van der Waals surface area contributed by atoms with E-state index in [4.69, 9.17) is 0 Å². The lowest BCUT2D eigenvalue weighted by atomic mass is 10.0. The van der Waals surface area contributed by atoms with Crippen LogP contribution in [-0.2, 0) is 26.2 Å². The predicted octanol–water partition coefficient (Wildman–Crippen LogP) is 4.40. The van der Waals surface area contributed by atoms with E-state index in [0.717, 1.165) is 25.6 Å². The van der Waals surface area contributed by atoms with Crippen molar-refractivity contribution in [3.8, 4) is 0 Å². The Labute approximate surface area is 214 Å². The van der Waals surface area contributed by atoms with Crippen molar-refractivity contribution in [1.29, 1.82) is 0 Å².